The highest BCUT2D eigenvalue weighted by Gasteiger charge is 2.25. The van der Waals surface area contributed by atoms with E-state index >= 15 is 0 Å². The van der Waals surface area contributed by atoms with Gasteiger partial charge >= 0.3 is 0 Å². The van der Waals surface area contributed by atoms with Crippen LogP contribution >= 0.6 is 0 Å². The van der Waals surface area contributed by atoms with Crippen LogP contribution in [-0.4, -0.2) is 42.1 Å². The predicted molar refractivity (Wildman–Crippen MR) is 115 cm³/mol. The average molecular weight is 416 g/mol. The molecular weight excluding hydrogens is 382 g/mol. The van der Waals surface area contributed by atoms with Gasteiger partial charge in [0.05, 0.1) is 26.0 Å². The molecule has 1 aromatic heterocycles. The standard InChI is InChI=1S/C23H33N3O4/c1-15-16(2)25-26(17(15)3)14-13-22(27)24-18-9-11-19(12-10-18)30-21-8-6-7-20(28-4)23(21)29-5/h6-8,18-19H,9-14H2,1-5H3,(H,24,27). The minimum absolute atomic E-state index is 0.0824. The molecule has 1 saturated carbocycles. The Morgan fingerprint density at radius 3 is 2.40 bits per heavy atom. The number of carbonyl (C=O) groups is 1. The molecule has 1 fully saturated rings. The van der Waals surface area contributed by atoms with Gasteiger partial charge in [-0.2, -0.15) is 5.10 Å². The number of nitrogens with one attached hydrogen (secondary N) is 1. The summed E-state index contributed by atoms with van der Waals surface area (Å²) in [7, 11) is 3.23. The third-order valence-corrected chi connectivity index (χ3v) is 5.99. The van der Waals surface area contributed by atoms with E-state index in [2.05, 4.69) is 17.3 Å². The Bertz CT molecular complexity index is 870. The fraction of sp³-hybridized carbons (Fsp3) is 0.565. The summed E-state index contributed by atoms with van der Waals surface area (Å²) in [6.45, 7) is 6.72. The molecule has 1 heterocycles. The summed E-state index contributed by atoms with van der Waals surface area (Å²) in [5, 5.41) is 7.68. The summed E-state index contributed by atoms with van der Waals surface area (Å²) in [4.78, 5) is 12.4. The second-order valence-corrected chi connectivity index (χ2v) is 7.92. The fourth-order valence-electron chi connectivity index (χ4n) is 3.97. The van der Waals surface area contributed by atoms with Crippen LogP contribution in [0.25, 0.3) is 0 Å². The van der Waals surface area contributed by atoms with Crippen molar-refractivity contribution in [1.29, 1.82) is 0 Å². The molecule has 0 radical (unpaired) electrons. The number of para-hydroxylation sites is 1. The topological polar surface area (TPSA) is 74.6 Å². The highest BCUT2D eigenvalue weighted by atomic mass is 16.5. The molecule has 0 atom stereocenters. The Labute approximate surface area is 178 Å². The van der Waals surface area contributed by atoms with Crippen molar-refractivity contribution < 1.29 is 19.0 Å². The van der Waals surface area contributed by atoms with Crippen LogP contribution in [0.15, 0.2) is 18.2 Å². The number of amides is 1. The van der Waals surface area contributed by atoms with Crippen molar-refractivity contribution in [2.24, 2.45) is 0 Å². The minimum atomic E-state index is 0.0824. The first-order chi connectivity index (χ1) is 14.4. The van der Waals surface area contributed by atoms with Gasteiger partial charge in [-0.05, 0) is 64.2 Å². The van der Waals surface area contributed by atoms with Gasteiger partial charge in [-0.3, -0.25) is 9.48 Å². The number of hydrogen-bond donors (Lipinski definition) is 1. The normalized spacial score (nSPS) is 18.7. The summed E-state index contributed by atoms with van der Waals surface area (Å²) < 4.78 is 18.9. The van der Waals surface area contributed by atoms with Crippen LogP contribution in [-0.2, 0) is 11.3 Å². The van der Waals surface area contributed by atoms with Gasteiger partial charge in [0, 0.05) is 24.7 Å². The Hall–Kier alpha value is -2.70. The lowest BCUT2D eigenvalue weighted by Gasteiger charge is -2.30. The number of benzene rings is 1. The molecule has 3 rings (SSSR count). The summed E-state index contributed by atoms with van der Waals surface area (Å²) >= 11 is 0. The molecule has 1 N–H and O–H groups in total. The Morgan fingerprint density at radius 1 is 1.10 bits per heavy atom. The van der Waals surface area contributed by atoms with Crippen LogP contribution in [0.2, 0.25) is 0 Å². The van der Waals surface area contributed by atoms with Crippen molar-refractivity contribution in [1.82, 2.24) is 15.1 Å². The van der Waals surface area contributed by atoms with E-state index in [9.17, 15) is 4.79 Å². The van der Waals surface area contributed by atoms with E-state index in [0.29, 0.717) is 30.2 Å². The van der Waals surface area contributed by atoms with E-state index in [4.69, 9.17) is 14.2 Å². The monoisotopic (exact) mass is 415 g/mol. The molecular formula is C23H33N3O4. The number of rotatable bonds is 8. The Balaban J connectivity index is 1.45. The lowest BCUT2D eigenvalue weighted by molar-refractivity contribution is -0.122. The number of aromatic nitrogens is 2. The summed E-state index contributed by atoms with van der Waals surface area (Å²) in [5.74, 6) is 2.06. The minimum Gasteiger partial charge on any atom is -0.493 e. The van der Waals surface area contributed by atoms with Crippen molar-refractivity contribution in [3.8, 4) is 17.2 Å². The van der Waals surface area contributed by atoms with E-state index in [-0.39, 0.29) is 18.1 Å². The SMILES string of the molecule is COc1cccc(OC2CCC(NC(=O)CCn3nc(C)c(C)c3C)CC2)c1OC. The lowest BCUT2D eigenvalue weighted by atomic mass is 9.93. The highest BCUT2D eigenvalue weighted by molar-refractivity contribution is 5.76. The van der Waals surface area contributed by atoms with Gasteiger partial charge in [0.1, 0.15) is 0 Å². The maximum Gasteiger partial charge on any atom is 0.222 e. The largest absolute Gasteiger partial charge is 0.493 e. The molecule has 1 aliphatic rings. The molecule has 164 valence electrons. The molecule has 7 nitrogen and oxygen atoms in total. The van der Waals surface area contributed by atoms with E-state index in [0.717, 1.165) is 37.1 Å². The third-order valence-electron chi connectivity index (χ3n) is 5.99. The lowest BCUT2D eigenvalue weighted by Crippen LogP contribution is -2.40. The van der Waals surface area contributed by atoms with E-state index in [1.54, 1.807) is 14.2 Å². The Kier molecular flexibility index (Phi) is 7.24. The van der Waals surface area contributed by atoms with Crippen LogP contribution < -0.4 is 19.5 Å². The number of aryl methyl sites for hydroxylation is 2. The van der Waals surface area contributed by atoms with E-state index < -0.39 is 0 Å². The summed E-state index contributed by atoms with van der Waals surface area (Å²) in [5.41, 5.74) is 3.35. The first-order valence-corrected chi connectivity index (χ1v) is 10.6. The van der Waals surface area contributed by atoms with Gasteiger partial charge in [0.25, 0.3) is 0 Å². The number of nitrogens with zero attached hydrogens (tertiary/aromatic N) is 2. The summed E-state index contributed by atoms with van der Waals surface area (Å²) in [6.07, 6.45) is 4.14. The number of methoxy groups -OCH3 is 2. The first-order valence-electron chi connectivity index (χ1n) is 10.6. The fourth-order valence-corrected chi connectivity index (χ4v) is 3.97. The summed E-state index contributed by atoms with van der Waals surface area (Å²) in [6, 6.07) is 5.85. The van der Waals surface area contributed by atoms with Crippen molar-refractivity contribution in [2.45, 2.75) is 71.6 Å². The van der Waals surface area contributed by atoms with Crippen molar-refractivity contribution >= 4 is 5.91 Å². The van der Waals surface area contributed by atoms with Crippen LogP contribution in [0.1, 0.15) is 49.1 Å². The quantitative estimate of drug-likeness (QED) is 0.711. The number of hydrogen-bond acceptors (Lipinski definition) is 5. The van der Waals surface area contributed by atoms with Gasteiger partial charge in [-0.15, -0.1) is 0 Å². The van der Waals surface area contributed by atoms with Crippen molar-refractivity contribution in [2.75, 3.05) is 14.2 Å². The van der Waals surface area contributed by atoms with Crippen LogP contribution in [0.4, 0.5) is 0 Å². The molecule has 0 spiro atoms. The van der Waals surface area contributed by atoms with Crippen molar-refractivity contribution in [3.63, 3.8) is 0 Å². The van der Waals surface area contributed by atoms with E-state index in [1.165, 1.54) is 5.56 Å². The van der Waals surface area contributed by atoms with Gasteiger partial charge in [0.2, 0.25) is 11.7 Å². The molecule has 1 aromatic carbocycles. The molecule has 1 amide bonds. The maximum atomic E-state index is 12.4. The zero-order valence-corrected chi connectivity index (χ0v) is 18.7. The van der Waals surface area contributed by atoms with Crippen LogP contribution in [0, 0.1) is 20.8 Å². The second kappa shape index (κ2) is 9.87. The predicted octanol–water partition coefficient (Wildman–Crippen LogP) is 3.72. The average Bonchev–Trinajstić information content (AvgIpc) is 3.00. The Morgan fingerprint density at radius 2 is 1.80 bits per heavy atom. The second-order valence-electron chi connectivity index (χ2n) is 7.92. The highest BCUT2D eigenvalue weighted by Crippen LogP contribution is 2.38. The van der Waals surface area contributed by atoms with Crippen LogP contribution in [0.3, 0.4) is 0 Å². The van der Waals surface area contributed by atoms with Gasteiger partial charge < -0.3 is 19.5 Å². The van der Waals surface area contributed by atoms with Crippen LogP contribution in [0.5, 0.6) is 17.2 Å². The van der Waals surface area contributed by atoms with Gasteiger partial charge in [0.15, 0.2) is 11.5 Å². The van der Waals surface area contributed by atoms with Gasteiger partial charge in [-0.25, -0.2) is 0 Å². The molecule has 7 heteroatoms. The molecule has 0 aliphatic heterocycles. The maximum absolute atomic E-state index is 12.4. The van der Waals surface area contributed by atoms with Gasteiger partial charge in [-0.1, -0.05) is 6.07 Å². The molecule has 2 aromatic rings. The van der Waals surface area contributed by atoms with Crippen molar-refractivity contribution in [3.05, 3.63) is 35.2 Å². The number of ether oxygens (including phenoxy) is 3. The molecule has 30 heavy (non-hydrogen) atoms. The molecule has 0 saturated heterocycles. The molecule has 1 aliphatic carbocycles. The zero-order valence-electron chi connectivity index (χ0n) is 18.7. The van der Waals surface area contributed by atoms with E-state index in [1.807, 2.05) is 36.7 Å². The third kappa shape index (κ3) is 5.07. The zero-order chi connectivity index (χ0) is 21.7. The smallest absolute Gasteiger partial charge is 0.222 e. The number of carbonyl (C=O) groups excluding carboxylic acids is 1. The molecule has 0 bridgehead atoms. The first kappa shape index (κ1) is 22.0. The molecule has 0 unspecified atom stereocenters.